The zero-order chi connectivity index (χ0) is 19.8. The number of rotatable bonds is 4. The number of hydrogen-bond acceptors (Lipinski definition) is 3. The van der Waals surface area contributed by atoms with Crippen LogP contribution in [-0.4, -0.2) is 34.3 Å². The highest BCUT2D eigenvalue weighted by Gasteiger charge is 2.31. The molecule has 0 radical (unpaired) electrons. The fourth-order valence-electron chi connectivity index (χ4n) is 4.93. The van der Waals surface area contributed by atoms with Gasteiger partial charge in [0.1, 0.15) is 5.82 Å². The SMILES string of the molecule is Cc1cccc(-n2nc(C3CCCN(Cc4ccccc4)C3)c3c2NCC3)c1C. The normalized spacial score (nSPS) is 19.2. The highest BCUT2D eigenvalue weighted by atomic mass is 15.3. The molecule has 3 aromatic rings. The van der Waals surface area contributed by atoms with E-state index in [-0.39, 0.29) is 0 Å². The van der Waals surface area contributed by atoms with Crippen molar-refractivity contribution in [2.24, 2.45) is 0 Å². The van der Waals surface area contributed by atoms with Crippen LogP contribution in [0, 0.1) is 13.8 Å². The Hall–Kier alpha value is -2.59. The van der Waals surface area contributed by atoms with Gasteiger partial charge in [0.2, 0.25) is 0 Å². The molecule has 4 heteroatoms. The van der Waals surface area contributed by atoms with Crippen LogP contribution in [-0.2, 0) is 13.0 Å². The van der Waals surface area contributed by atoms with Crippen molar-refractivity contribution >= 4 is 5.82 Å². The third-order valence-corrected chi connectivity index (χ3v) is 6.63. The molecule has 0 aliphatic carbocycles. The maximum atomic E-state index is 5.20. The summed E-state index contributed by atoms with van der Waals surface area (Å²) in [5.74, 6) is 1.74. The summed E-state index contributed by atoms with van der Waals surface area (Å²) in [6.07, 6.45) is 3.57. The third-order valence-electron chi connectivity index (χ3n) is 6.63. The Morgan fingerprint density at radius 1 is 1.07 bits per heavy atom. The lowest BCUT2D eigenvalue weighted by Crippen LogP contribution is -2.34. The van der Waals surface area contributed by atoms with Gasteiger partial charge >= 0.3 is 0 Å². The Bertz CT molecular complexity index is 1010. The third kappa shape index (κ3) is 3.46. The van der Waals surface area contributed by atoms with Crippen molar-refractivity contribution in [2.75, 3.05) is 25.0 Å². The zero-order valence-corrected chi connectivity index (χ0v) is 17.5. The van der Waals surface area contributed by atoms with E-state index in [0.29, 0.717) is 5.92 Å². The smallest absolute Gasteiger partial charge is 0.133 e. The van der Waals surface area contributed by atoms with Crippen LogP contribution in [0.2, 0.25) is 0 Å². The van der Waals surface area contributed by atoms with Gasteiger partial charge < -0.3 is 5.32 Å². The molecule has 3 heterocycles. The van der Waals surface area contributed by atoms with Crippen LogP contribution in [0.5, 0.6) is 0 Å². The summed E-state index contributed by atoms with van der Waals surface area (Å²) in [6, 6.07) is 17.4. The Balaban J connectivity index is 1.45. The molecule has 2 aliphatic rings. The molecule has 4 nitrogen and oxygen atoms in total. The number of fused-ring (bicyclic) bond motifs is 1. The molecule has 150 valence electrons. The molecule has 5 rings (SSSR count). The van der Waals surface area contributed by atoms with E-state index in [0.717, 1.165) is 26.1 Å². The van der Waals surface area contributed by atoms with Crippen molar-refractivity contribution in [2.45, 2.75) is 45.6 Å². The molecule has 1 unspecified atom stereocenters. The largest absolute Gasteiger partial charge is 0.369 e. The standard InChI is InChI=1S/C25H30N4/c1-18-8-6-12-23(19(18)2)29-25-22(13-14-26-25)24(27-29)21-11-7-15-28(17-21)16-20-9-4-3-5-10-20/h3-6,8-10,12,21,26H,7,11,13-17H2,1-2H3. The van der Waals surface area contributed by atoms with E-state index in [4.69, 9.17) is 5.10 Å². The molecule has 0 saturated carbocycles. The first-order chi connectivity index (χ1) is 14.2. The fourth-order valence-corrected chi connectivity index (χ4v) is 4.93. The average Bonchev–Trinajstić information content (AvgIpc) is 3.34. The second-order valence-electron chi connectivity index (χ2n) is 8.58. The van der Waals surface area contributed by atoms with Crippen LogP contribution in [0.25, 0.3) is 5.69 Å². The predicted molar refractivity (Wildman–Crippen MR) is 119 cm³/mol. The van der Waals surface area contributed by atoms with Gasteiger partial charge in [-0.25, -0.2) is 4.68 Å². The number of piperidine rings is 1. The van der Waals surface area contributed by atoms with Crippen LogP contribution in [0.15, 0.2) is 48.5 Å². The Morgan fingerprint density at radius 2 is 1.93 bits per heavy atom. The van der Waals surface area contributed by atoms with Crippen molar-refractivity contribution in [3.8, 4) is 5.69 Å². The van der Waals surface area contributed by atoms with Crippen LogP contribution < -0.4 is 5.32 Å². The van der Waals surface area contributed by atoms with Crippen LogP contribution >= 0.6 is 0 Å². The van der Waals surface area contributed by atoms with Crippen molar-refractivity contribution in [1.82, 2.24) is 14.7 Å². The van der Waals surface area contributed by atoms with Crippen molar-refractivity contribution in [1.29, 1.82) is 0 Å². The first-order valence-electron chi connectivity index (χ1n) is 10.9. The van der Waals surface area contributed by atoms with Gasteiger partial charge in [0.25, 0.3) is 0 Å². The van der Waals surface area contributed by atoms with Gasteiger partial charge in [0, 0.05) is 31.1 Å². The predicted octanol–water partition coefficient (Wildman–Crippen LogP) is 4.84. The molecule has 1 N–H and O–H groups in total. The van der Waals surface area contributed by atoms with Gasteiger partial charge in [-0.05, 0) is 62.4 Å². The van der Waals surface area contributed by atoms with Crippen LogP contribution in [0.3, 0.4) is 0 Å². The molecular formula is C25H30N4. The summed E-state index contributed by atoms with van der Waals surface area (Å²) in [7, 11) is 0. The monoisotopic (exact) mass is 386 g/mol. The van der Waals surface area contributed by atoms with Gasteiger partial charge in [-0.1, -0.05) is 42.5 Å². The van der Waals surface area contributed by atoms with Gasteiger partial charge in [-0.3, -0.25) is 4.90 Å². The summed E-state index contributed by atoms with van der Waals surface area (Å²) < 4.78 is 2.18. The Labute approximate surface area is 173 Å². The van der Waals surface area contributed by atoms with Crippen LogP contribution in [0.4, 0.5) is 5.82 Å². The topological polar surface area (TPSA) is 33.1 Å². The maximum Gasteiger partial charge on any atom is 0.133 e. The molecule has 0 spiro atoms. The highest BCUT2D eigenvalue weighted by molar-refractivity contribution is 5.59. The van der Waals surface area contributed by atoms with Gasteiger partial charge in [0.05, 0.1) is 11.4 Å². The van der Waals surface area contributed by atoms with Crippen molar-refractivity contribution in [3.63, 3.8) is 0 Å². The number of anilines is 1. The molecule has 0 bridgehead atoms. The van der Waals surface area contributed by atoms with Gasteiger partial charge in [-0.2, -0.15) is 5.10 Å². The van der Waals surface area contributed by atoms with E-state index in [2.05, 4.69) is 77.3 Å². The average molecular weight is 387 g/mol. The number of aromatic nitrogens is 2. The van der Waals surface area contributed by atoms with E-state index in [1.165, 1.54) is 58.8 Å². The van der Waals surface area contributed by atoms with Gasteiger partial charge in [0.15, 0.2) is 0 Å². The second-order valence-corrected chi connectivity index (χ2v) is 8.58. The first-order valence-corrected chi connectivity index (χ1v) is 10.9. The second kappa shape index (κ2) is 7.68. The van der Waals surface area contributed by atoms with Gasteiger partial charge in [-0.15, -0.1) is 0 Å². The van der Waals surface area contributed by atoms with E-state index >= 15 is 0 Å². The lowest BCUT2D eigenvalue weighted by Gasteiger charge is -2.32. The summed E-state index contributed by atoms with van der Waals surface area (Å²) in [5, 5.41) is 8.81. The molecule has 2 aliphatic heterocycles. The maximum absolute atomic E-state index is 5.20. The molecule has 2 aromatic carbocycles. The van der Waals surface area contributed by atoms with E-state index < -0.39 is 0 Å². The minimum Gasteiger partial charge on any atom is -0.369 e. The lowest BCUT2D eigenvalue weighted by molar-refractivity contribution is 0.198. The molecule has 1 saturated heterocycles. The van der Waals surface area contributed by atoms with E-state index in [1.54, 1.807) is 0 Å². The first kappa shape index (κ1) is 18.4. The number of likely N-dealkylation sites (tertiary alicyclic amines) is 1. The minimum absolute atomic E-state index is 0.521. The summed E-state index contributed by atoms with van der Waals surface area (Å²) in [4.78, 5) is 2.61. The number of benzene rings is 2. The molecule has 1 atom stereocenters. The van der Waals surface area contributed by atoms with E-state index in [9.17, 15) is 0 Å². The highest BCUT2D eigenvalue weighted by Crippen LogP contribution is 2.37. The summed E-state index contributed by atoms with van der Waals surface area (Å²) >= 11 is 0. The Kier molecular flexibility index (Phi) is 4.88. The molecule has 0 amide bonds. The Morgan fingerprint density at radius 3 is 2.79 bits per heavy atom. The number of nitrogens with zero attached hydrogens (tertiary/aromatic N) is 3. The number of hydrogen-bond donors (Lipinski definition) is 1. The number of aryl methyl sites for hydroxylation is 1. The quantitative estimate of drug-likeness (QED) is 0.697. The molecule has 29 heavy (non-hydrogen) atoms. The number of nitrogens with one attached hydrogen (secondary N) is 1. The molecule has 1 aromatic heterocycles. The fraction of sp³-hybridized carbons (Fsp3) is 0.400. The molecule has 1 fully saturated rings. The molecular weight excluding hydrogens is 356 g/mol. The summed E-state index contributed by atoms with van der Waals surface area (Å²) in [6.45, 7) is 8.73. The van der Waals surface area contributed by atoms with E-state index in [1.807, 2.05) is 0 Å². The zero-order valence-electron chi connectivity index (χ0n) is 17.5. The van der Waals surface area contributed by atoms with Crippen molar-refractivity contribution < 1.29 is 0 Å². The van der Waals surface area contributed by atoms with Crippen molar-refractivity contribution in [3.05, 3.63) is 76.5 Å². The minimum atomic E-state index is 0.521. The van der Waals surface area contributed by atoms with Crippen LogP contribution in [0.1, 0.15) is 46.7 Å². The lowest BCUT2D eigenvalue weighted by atomic mass is 9.91. The summed E-state index contributed by atoms with van der Waals surface area (Å²) in [5.41, 5.74) is 8.01.